The zero-order valence-electron chi connectivity index (χ0n) is 11.0. The Hall–Kier alpha value is -2.88. The minimum absolute atomic E-state index is 0.0338. The lowest BCUT2D eigenvalue weighted by Gasteiger charge is -2.04. The summed E-state index contributed by atoms with van der Waals surface area (Å²) in [6.45, 7) is 3.96. The van der Waals surface area contributed by atoms with Gasteiger partial charge in [-0.05, 0) is 5.56 Å². The van der Waals surface area contributed by atoms with Crippen molar-refractivity contribution in [2.24, 2.45) is 21.5 Å². The highest BCUT2D eigenvalue weighted by Crippen LogP contribution is 2.15. The molecule has 2 aromatic rings. The van der Waals surface area contributed by atoms with E-state index in [2.05, 4.69) is 16.6 Å². The van der Waals surface area contributed by atoms with Crippen LogP contribution in [0.15, 0.2) is 77.2 Å². The maximum absolute atomic E-state index is 5.46. The molecule has 0 radical (unpaired) electrons. The van der Waals surface area contributed by atoms with Gasteiger partial charge < -0.3 is 11.5 Å². The molecule has 0 unspecified atom stereocenters. The van der Waals surface area contributed by atoms with E-state index in [1.165, 1.54) is 0 Å². The molecular formula is C16H16N4. The molecule has 0 aliphatic rings. The van der Waals surface area contributed by atoms with E-state index in [1.807, 2.05) is 60.7 Å². The first-order valence-electron chi connectivity index (χ1n) is 6.15. The first-order chi connectivity index (χ1) is 9.66. The van der Waals surface area contributed by atoms with Gasteiger partial charge in [-0.25, -0.2) is 4.99 Å². The van der Waals surface area contributed by atoms with E-state index in [0.717, 1.165) is 11.1 Å². The molecule has 0 saturated heterocycles. The number of hydrogen-bond acceptors (Lipinski definition) is 1. The van der Waals surface area contributed by atoms with Gasteiger partial charge in [0.25, 0.3) is 0 Å². The summed E-state index contributed by atoms with van der Waals surface area (Å²) >= 11 is 0. The van der Waals surface area contributed by atoms with Crippen molar-refractivity contribution in [3.63, 3.8) is 0 Å². The van der Waals surface area contributed by atoms with Gasteiger partial charge >= 0.3 is 0 Å². The summed E-state index contributed by atoms with van der Waals surface area (Å²) in [6.07, 6.45) is 0. The van der Waals surface area contributed by atoms with Gasteiger partial charge in [-0.2, -0.15) is 4.99 Å². The first-order valence-corrected chi connectivity index (χ1v) is 6.15. The highest BCUT2D eigenvalue weighted by atomic mass is 15.0. The zero-order chi connectivity index (χ0) is 14.4. The molecule has 2 rings (SSSR count). The van der Waals surface area contributed by atoms with Crippen molar-refractivity contribution in [1.82, 2.24) is 0 Å². The molecular weight excluding hydrogens is 248 g/mol. The van der Waals surface area contributed by atoms with Crippen LogP contribution in [0.4, 0.5) is 0 Å². The molecule has 4 nitrogen and oxygen atoms in total. The molecule has 4 N–H and O–H groups in total. The molecule has 0 aliphatic carbocycles. The van der Waals surface area contributed by atoms with Gasteiger partial charge in [0.05, 0.1) is 5.70 Å². The van der Waals surface area contributed by atoms with Gasteiger partial charge in [0.2, 0.25) is 0 Å². The lowest BCUT2D eigenvalue weighted by Crippen LogP contribution is -2.24. The number of amidine groups is 1. The second kappa shape index (κ2) is 6.33. The van der Waals surface area contributed by atoms with Gasteiger partial charge in [-0.15, -0.1) is 0 Å². The Morgan fingerprint density at radius 3 is 1.75 bits per heavy atom. The van der Waals surface area contributed by atoms with E-state index in [9.17, 15) is 0 Å². The van der Waals surface area contributed by atoms with Crippen LogP contribution < -0.4 is 11.5 Å². The fourth-order valence-electron chi connectivity index (χ4n) is 1.69. The van der Waals surface area contributed by atoms with Gasteiger partial charge in [-0.3, -0.25) is 0 Å². The molecule has 0 atom stereocenters. The van der Waals surface area contributed by atoms with Crippen LogP contribution >= 0.6 is 0 Å². The molecule has 20 heavy (non-hydrogen) atoms. The van der Waals surface area contributed by atoms with Crippen LogP contribution in [0.25, 0.3) is 5.70 Å². The molecule has 0 saturated carbocycles. The Bertz CT molecular complexity index is 639. The standard InChI is InChI=1S/C16H16N4/c1-12(13-8-4-2-5-9-13)19-15(20-16(17)18)14-10-6-3-7-11-14/h2-11H,1H2,(H4,17,18,19,20). The minimum atomic E-state index is -0.0338. The first kappa shape index (κ1) is 13.5. The Morgan fingerprint density at radius 2 is 1.25 bits per heavy atom. The number of guanidine groups is 1. The van der Waals surface area contributed by atoms with Crippen LogP contribution in [0.2, 0.25) is 0 Å². The van der Waals surface area contributed by atoms with Gasteiger partial charge in [0.1, 0.15) is 0 Å². The van der Waals surface area contributed by atoms with Crippen LogP contribution in [0, 0.1) is 0 Å². The number of hydrogen-bond donors (Lipinski definition) is 2. The molecule has 0 bridgehead atoms. The minimum Gasteiger partial charge on any atom is -0.370 e. The predicted octanol–water partition coefficient (Wildman–Crippen LogP) is 2.38. The Balaban J connectivity index is 2.40. The zero-order valence-corrected chi connectivity index (χ0v) is 11.0. The molecule has 0 heterocycles. The third kappa shape index (κ3) is 3.55. The lowest BCUT2D eigenvalue weighted by molar-refractivity contribution is 1.41. The molecule has 0 spiro atoms. The van der Waals surface area contributed by atoms with Crippen molar-refractivity contribution < 1.29 is 0 Å². The van der Waals surface area contributed by atoms with Crippen LogP contribution in [0.5, 0.6) is 0 Å². The Labute approximate surface area is 118 Å². The average molecular weight is 264 g/mol. The second-order valence-electron chi connectivity index (χ2n) is 4.15. The highest BCUT2D eigenvalue weighted by molar-refractivity contribution is 6.07. The molecule has 0 amide bonds. The van der Waals surface area contributed by atoms with Gasteiger partial charge in [0.15, 0.2) is 11.8 Å². The average Bonchev–Trinajstić information content (AvgIpc) is 2.48. The van der Waals surface area contributed by atoms with Crippen molar-refractivity contribution in [3.05, 3.63) is 78.4 Å². The van der Waals surface area contributed by atoms with E-state index in [1.54, 1.807) is 0 Å². The maximum Gasteiger partial charge on any atom is 0.192 e. The quantitative estimate of drug-likeness (QED) is 0.659. The van der Waals surface area contributed by atoms with Crippen LogP contribution in [-0.4, -0.2) is 11.8 Å². The third-order valence-corrected chi connectivity index (χ3v) is 2.61. The summed E-state index contributed by atoms with van der Waals surface area (Å²) in [5.74, 6) is 0.410. The highest BCUT2D eigenvalue weighted by Gasteiger charge is 2.04. The molecule has 0 aromatic heterocycles. The van der Waals surface area contributed by atoms with Crippen molar-refractivity contribution in [2.75, 3.05) is 0 Å². The number of aliphatic imine (C=N–C) groups is 2. The fourth-order valence-corrected chi connectivity index (χ4v) is 1.69. The fraction of sp³-hybridized carbons (Fsp3) is 0. The van der Waals surface area contributed by atoms with Crippen molar-refractivity contribution in [2.45, 2.75) is 0 Å². The third-order valence-electron chi connectivity index (χ3n) is 2.61. The lowest BCUT2D eigenvalue weighted by atomic mass is 10.1. The summed E-state index contributed by atoms with van der Waals surface area (Å²) in [5.41, 5.74) is 13.3. The molecule has 0 aliphatic heterocycles. The summed E-state index contributed by atoms with van der Waals surface area (Å²) in [7, 11) is 0. The van der Waals surface area contributed by atoms with Gasteiger partial charge in [-0.1, -0.05) is 67.2 Å². The number of benzene rings is 2. The number of rotatable bonds is 3. The van der Waals surface area contributed by atoms with Gasteiger partial charge in [0, 0.05) is 5.56 Å². The maximum atomic E-state index is 5.46. The predicted molar refractivity (Wildman–Crippen MR) is 84.3 cm³/mol. The summed E-state index contributed by atoms with van der Waals surface area (Å²) in [4.78, 5) is 8.51. The Morgan fingerprint density at radius 1 is 0.750 bits per heavy atom. The largest absolute Gasteiger partial charge is 0.370 e. The summed E-state index contributed by atoms with van der Waals surface area (Å²) in [5, 5.41) is 0. The van der Waals surface area contributed by atoms with E-state index in [4.69, 9.17) is 11.5 Å². The van der Waals surface area contributed by atoms with Crippen molar-refractivity contribution >= 4 is 17.5 Å². The summed E-state index contributed by atoms with van der Waals surface area (Å²) < 4.78 is 0. The van der Waals surface area contributed by atoms with Crippen LogP contribution in [0.1, 0.15) is 11.1 Å². The molecule has 2 aromatic carbocycles. The van der Waals surface area contributed by atoms with Crippen molar-refractivity contribution in [3.8, 4) is 0 Å². The number of nitrogens with two attached hydrogens (primary N) is 2. The van der Waals surface area contributed by atoms with E-state index in [0.29, 0.717) is 11.5 Å². The van der Waals surface area contributed by atoms with Crippen LogP contribution in [-0.2, 0) is 0 Å². The van der Waals surface area contributed by atoms with E-state index in [-0.39, 0.29) is 5.96 Å². The van der Waals surface area contributed by atoms with E-state index >= 15 is 0 Å². The summed E-state index contributed by atoms with van der Waals surface area (Å²) in [6, 6.07) is 19.2. The normalized spacial score (nSPS) is 10.9. The van der Waals surface area contributed by atoms with E-state index < -0.39 is 0 Å². The monoisotopic (exact) mass is 264 g/mol. The topological polar surface area (TPSA) is 76.8 Å². The van der Waals surface area contributed by atoms with Crippen molar-refractivity contribution in [1.29, 1.82) is 0 Å². The number of nitrogens with zero attached hydrogens (tertiary/aromatic N) is 2. The molecule has 4 heteroatoms. The molecule has 0 fully saturated rings. The van der Waals surface area contributed by atoms with Crippen LogP contribution in [0.3, 0.4) is 0 Å². The SMILES string of the molecule is C=C(N=C(N=C(N)N)c1ccccc1)c1ccccc1. The molecule has 100 valence electrons. The Kier molecular flexibility index (Phi) is 4.29. The second-order valence-corrected chi connectivity index (χ2v) is 4.15. The smallest absolute Gasteiger partial charge is 0.192 e.